The maximum Gasteiger partial charge on any atom is 0.0972 e. The number of pyridine rings is 6. The highest BCUT2D eigenvalue weighted by Gasteiger charge is 2.15. The fourth-order valence-electron chi connectivity index (χ4n) is 11.3. The Morgan fingerprint density at radius 3 is 1.50 bits per heavy atom. The van der Waals surface area contributed by atoms with Crippen LogP contribution in [0.4, 0.5) is 0 Å². The van der Waals surface area contributed by atoms with Gasteiger partial charge in [-0.25, -0.2) is 15.0 Å². The normalized spacial score (nSPS) is 11.5. The zero-order valence-corrected chi connectivity index (χ0v) is 43.2. The molecule has 16 aromatic rings. The van der Waals surface area contributed by atoms with Crippen molar-refractivity contribution in [2.45, 2.75) is 0 Å². The van der Waals surface area contributed by atoms with Gasteiger partial charge >= 0.3 is 0 Å². The molecule has 6 heteroatoms. The molecule has 0 radical (unpaired) electrons. The summed E-state index contributed by atoms with van der Waals surface area (Å²) in [6.45, 7) is 0. The van der Waals surface area contributed by atoms with Gasteiger partial charge in [-0.3, -0.25) is 15.0 Å². The maximum atomic E-state index is 5.22. The van der Waals surface area contributed by atoms with Crippen molar-refractivity contribution in [3.63, 3.8) is 0 Å². The number of para-hydroxylation sites is 1. The van der Waals surface area contributed by atoms with E-state index in [9.17, 15) is 0 Å². The van der Waals surface area contributed by atoms with Crippen LogP contribution in [0.1, 0.15) is 0 Å². The third kappa shape index (κ3) is 8.58. The fourth-order valence-corrected chi connectivity index (χ4v) is 11.3. The predicted molar refractivity (Wildman–Crippen MR) is 332 cm³/mol. The largest absolute Gasteiger partial charge is 0.264 e. The molecular weight excluding hydrogens is 973 g/mol. The molecule has 80 heavy (non-hydrogen) atoms. The topological polar surface area (TPSA) is 77.3 Å². The first-order chi connectivity index (χ1) is 39.6. The molecule has 6 heterocycles. The molecule has 0 spiro atoms. The van der Waals surface area contributed by atoms with Crippen LogP contribution in [0.2, 0.25) is 0 Å². The first kappa shape index (κ1) is 46.5. The minimum atomic E-state index is 0.927. The van der Waals surface area contributed by atoms with E-state index in [1.807, 2.05) is 43.0 Å². The summed E-state index contributed by atoms with van der Waals surface area (Å²) < 4.78 is 0. The molecule has 0 saturated carbocycles. The molecule has 0 unspecified atom stereocenters. The van der Waals surface area contributed by atoms with Crippen LogP contribution < -0.4 is 0 Å². The Balaban J connectivity index is 0.000000139. The summed E-state index contributed by atoms with van der Waals surface area (Å²) in [5.41, 5.74) is 17.9. The van der Waals surface area contributed by atoms with Crippen LogP contribution in [-0.4, -0.2) is 29.9 Å². The van der Waals surface area contributed by atoms with Crippen LogP contribution in [-0.2, 0) is 0 Å². The predicted octanol–water partition coefficient (Wildman–Crippen LogP) is 19.0. The van der Waals surface area contributed by atoms with Crippen LogP contribution in [0, 0.1) is 0 Å². The van der Waals surface area contributed by atoms with E-state index in [-0.39, 0.29) is 0 Å². The van der Waals surface area contributed by atoms with Gasteiger partial charge in [0.2, 0.25) is 0 Å². The third-order valence-electron chi connectivity index (χ3n) is 15.4. The Morgan fingerprint density at radius 2 is 0.750 bits per heavy atom. The number of benzene rings is 10. The van der Waals surface area contributed by atoms with Crippen LogP contribution >= 0.6 is 0 Å². The minimum Gasteiger partial charge on any atom is -0.264 e. The van der Waals surface area contributed by atoms with Crippen LogP contribution in [0.5, 0.6) is 0 Å². The van der Waals surface area contributed by atoms with Gasteiger partial charge in [0.15, 0.2) is 0 Å². The molecule has 16 rings (SSSR count). The van der Waals surface area contributed by atoms with E-state index in [2.05, 4.69) is 252 Å². The molecule has 0 amide bonds. The summed E-state index contributed by atoms with van der Waals surface area (Å²) >= 11 is 0. The van der Waals surface area contributed by atoms with Gasteiger partial charge in [0.1, 0.15) is 0 Å². The molecule has 0 N–H and O–H groups in total. The highest BCUT2D eigenvalue weighted by molar-refractivity contribution is 6.07. The molecule has 0 fully saturated rings. The van der Waals surface area contributed by atoms with Gasteiger partial charge in [-0.05, 0) is 115 Å². The van der Waals surface area contributed by atoms with Crippen molar-refractivity contribution < 1.29 is 0 Å². The van der Waals surface area contributed by atoms with Crippen LogP contribution in [0.15, 0.2) is 280 Å². The Hall–Kier alpha value is -10.8. The van der Waals surface area contributed by atoms with Crippen molar-refractivity contribution in [3.8, 4) is 67.2 Å². The molecule has 0 saturated heterocycles. The van der Waals surface area contributed by atoms with Crippen molar-refractivity contribution in [1.29, 1.82) is 0 Å². The molecule has 0 aliphatic rings. The second-order valence-corrected chi connectivity index (χ2v) is 20.3. The summed E-state index contributed by atoms with van der Waals surface area (Å²) in [6.07, 6.45) is 7.41. The van der Waals surface area contributed by atoms with E-state index in [0.29, 0.717) is 0 Å². The Labute approximate surface area is 461 Å². The van der Waals surface area contributed by atoms with E-state index in [1.54, 1.807) is 0 Å². The van der Waals surface area contributed by atoms with Gasteiger partial charge in [-0.15, -0.1) is 0 Å². The number of hydrogen-bond acceptors (Lipinski definition) is 6. The lowest BCUT2D eigenvalue weighted by molar-refractivity contribution is 1.36. The summed E-state index contributed by atoms with van der Waals surface area (Å²) in [5.74, 6) is 0. The molecule has 6 nitrogen and oxygen atoms in total. The van der Waals surface area contributed by atoms with Crippen molar-refractivity contribution in [2.75, 3.05) is 0 Å². The first-order valence-corrected chi connectivity index (χ1v) is 26.9. The molecule has 0 atom stereocenters. The molecule has 0 aliphatic carbocycles. The summed E-state index contributed by atoms with van der Waals surface area (Å²) in [6, 6.07) is 89.8. The molecule has 10 aromatic carbocycles. The van der Waals surface area contributed by atoms with Crippen molar-refractivity contribution in [2.24, 2.45) is 0 Å². The highest BCUT2D eigenvalue weighted by Crippen LogP contribution is 2.38. The third-order valence-corrected chi connectivity index (χ3v) is 15.4. The monoisotopic (exact) mass is 1020 g/mol. The van der Waals surface area contributed by atoms with Gasteiger partial charge in [0.05, 0.1) is 44.7 Å². The average molecular weight is 1020 g/mol. The standard InChI is InChI=1S/C40H26N2.C34H20N4/c1-2-8-27(9-3-1)33-21-22-36-37(26-38(42-39(36)25-33)34-20-15-28-10-4-5-11-32(28)24-34)30-18-16-29(17-19-30)35-14-6-12-31-13-7-23-41-40(31)35;1-2-23-7-8-25-12-14-31(38-34(25)33(23)36-16-1)27-10-4-21-3-9-26(18-28(21)19-27)30-13-11-24-6-5-22-15-17-35-20-29(22)32(24)37-30/h1-26H;1-20H. The van der Waals surface area contributed by atoms with E-state index in [0.717, 1.165) is 127 Å². The van der Waals surface area contributed by atoms with Gasteiger partial charge < -0.3 is 0 Å². The molecular formula is C74H46N6. The van der Waals surface area contributed by atoms with E-state index < -0.39 is 0 Å². The van der Waals surface area contributed by atoms with Crippen LogP contribution in [0.3, 0.4) is 0 Å². The number of hydrogen-bond donors (Lipinski definition) is 0. The van der Waals surface area contributed by atoms with Crippen molar-refractivity contribution in [1.82, 2.24) is 29.9 Å². The van der Waals surface area contributed by atoms with E-state index in [1.165, 1.54) is 27.3 Å². The lowest BCUT2D eigenvalue weighted by Crippen LogP contribution is -1.91. The zero-order valence-electron chi connectivity index (χ0n) is 43.2. The Bertz CT molecular complexity index is 4920. The summed E-state index contributed by atoms with van der Waals surface area (Å²) in [5, 5.41) is 12.6. The number of aromatic nitrogens is 6. The molecule has 6 aromatic heterocycles. The number of nitrogens with zero attached hydrogens (tertiary/aromatic N) is 6. The number of fused-ring (bicyclic) bond motifs is 10. The molecule has 0 aliphatic heterocycles. The number of rotatable bonds is 6. The first-order valence-electron chi connectivity index (χ1n) is 26.9. The van der Waals surface area contributed by atoms with E-state index >= 15 is 0 Å². The lowest BCUT2D eigenvalue weighted by Gasteiger charge is -2.13. The highest BCUT2D eigenvalue weighted by atomic mass is 14.8. The van der Waals surface area contributed by atoms with Gasteiger partial charge in [-0.1, -0.05) is 194 Å². The second kappa shape index (κ2) is 19.6. The quantitative estimate of drug-likeness (QED) is 0.154. The molecule has 0 bridgehead atoms. The SMILES string of the molecule is c1ccc(-c2ccc3c(-c4ccc(-c5cccc6cccnc56)cc4)cc(-c4ccc5ccccc5c4)nc3c2)cc1.c1cnc2c(c1)ccc1ccc(-c3ccc4ccc(-c5ccc6ccc7ccncc7c6n5)cc4c3)nc12. The molecule has 372 valence electrons. The Kier molecular flexibility index (Phi) is 11.4. The van der Waals surface area contributed by atoms with Crippen LogP contribution in [0.25, 0.3) is 154 Å². The zero-order chi connectivity index (χ0) is 52.9. The second-order valence-electron chi connectivity index (χ2n) is 20.3. The van der Waals surface area contributed by atoms with Crippen molar-refractivity contribution in [3.05, 3.63) is 280 Å². The summed E-state index contributed by atoms with van der Waals surface area (Å²) in [7, 11) is 0. The van der Waals surface area contributed by atoms with Gasteiger partial charge in [0, 0.05) is 79.4 Å². The van der Waals surface area contributed by atoms with Gasteiger partial charge in [-0.2, -0.15) is 0 Å². The lowest BCUT2D eigenvalue weighted by atomic mass is 9.94. The van der Waals surface area contributed by atoms with E-state index in [4.69, 9.17) is 15.0 Å². The minimum absolute atomic E-state index is 0.927. The summed E-state index contributed by atoms with van der Waals surface area (Å²) in [4.78, 5) is 28.9. The maximum absolute atomic E-state index is 5.22. The van der Waals surface area contributed by atoms with Gasteiger partial charge in [0.25, 0.3) is 0 Å². The van der Waals surface area contributed by atoms with Crippen molar-refractivity contribution >= 4 is 86.8 Å². The smallest absolute Gasteiger partial charge is 0.0972 e. The fraction of sp³-hybridized carbons (Fsp3) is 0. The average Bonchev–Trinajstić information content (AvgIpc) is 3.56. The Morgan fingerprint density at radius 1 is 0.225 bits per heavy atom.